The second kappa shape index (κ2) is 10.2. The lowest BCUT2D eigenvalue weighted by Gasteiger charge is -2.13. The molecule has 9 heteroatoms. The van der Waals surface area contributed by atoms with Crippen molar-refractivity contribution in [2.45, 2.75) is 13.5 Å². The third-order valence-corrected chi connectivity index (χ3v) is 4.46. The first-order valence-electron chi connectivity index (χ1n) is 9.73. The zero-order valence-corrected chi connectivity index (χ0v) is 17.1. The fraction of sp³-hybridized carbons (Fsp3) is 0.273. The maximum Gasteiger partial charge on any atom is 0.338 e. The molecule has 1 aliphatic heterocycles. The summed E-state index contributed by atoms with van der Waals surface area (Å²) in [5.41, 5.74) is 1.89. The van der Waals surface area contributed by atoms with Gasteiger partial charge in [0, 0.05) is 0 Å². The number of nitrogens with one attached hydrogen (secondary N) is 2. The number of benzene rings is 2. The minimum absolute atomic E-state index is 0.0360. The van der Waals surface area contributed by atoms with Gasteiger partial charge in [-0.05, 0) is 42.3 Å². The van der Waals surface area contributed by atoms with E-state index in [4.69, 9.17) is 9.47 Å². The van der Waals surface area contributed by atoms with Gasteiger partial charge >= 0.3 is 12.0 Å². The van der Waals surface area contributed by atoms with Crippen molar-refractivity contribution in [2.24, 2.45) is 0 Å². The standard InChI is InChI=1S/C22H23N3O6/c1-15-4-2-7-18(10-15)30-9-8-23-19(26)14-31-21(28)17-6-3-5-16(11-17)13-25-20(27)12-24-22(25)29/h2-7,10-11H,8-9,12-14H2,1H3,(H,23,26)(H,24,29). The molecule has 4 amide bonds. The van der Waals surface area contributed by atoms with Gasteiger partial charge in [0.2, 0.25) is 5.91 Å². The van der Waals surface area contributed by atoms with Crippen molar-refractivity contribution in [1.29, 1.82) is 0 Å². The van der Waals surface area contributed by atoms with Crippen LogP contribution in [-0.2, 0) is 20.9 Å². The number of amides is 4. The van der Waals surface area contributed by atoms with Crippen molar-refractivity contribution < 1.29 is 28.7 Å². The molecule has 9 nitrogen and oxygen atoms in total. The molecule has 0 radical (unpaired) electrons. The quantitative estimate of drug-likeness (QED) is 0.357. The normalized spacial score (nSPS) is 13.0. The van der Waals surface area contributed by atoms with Gasteiger partial charge in [0.25, 0.3) is 5.91 Å². The van der Waals surface area contributed by atoms with Crippen molar-refractivity contribution in [1.82, 2.24) is 15.5 Å². The van der Waals surface area contributed by atoms with Gasteiger partial charge in [0.05, 0.1) is 25.2 Å². The zero-order valence-electron chi connectivity index (χ0n) is 17.1. The molecule has 0 bridgehead atoms. The molecule has 2 aromatic rings. The minimum Gasteiger partial charge on any atom is -0.492 e. The first-order chi connectivity index (χ1) is 14.9. The fourth-order valence-corrected chi connectivity index (χ4v) is 2.92. The summed E-state index contributed by atoms with van der Waals surface area (Å²) in [5, 5.41) is 5.05. The number of ether oxygens (including phenoxy) is 2. The van der Waals surface area contributed by atoms with E-state index in [1.54, 1.807) is 12.1 Å². The summed E-state index contributed by atoms with van der Waals surface area (Å²) in [7, 11) is 0. The van der Waals surface area contributed by atoms with Gasteiger partial charge < -0.3 is 20.1 Å². The number of carbonyl (C=O) groups excluding carboxylic acids is 4. The number of esters is 1. The van der Waals surface area contributed by atoms with E-state index in [1.807, 2.05) is 31.2 Å². The number of hydrogen-bond donors (Lipinski definition) is 2. The Morgan fingerprint density at radius 2 is 1.94 bits per heavy atom. The lowest BCUT2D eigenvalue weighted by atomic mass is 10.1. The molecule has 1 heterocycles. The molecule has 31 heavy (non-hydrogen) atoms. The van der Waals surface area contributed by atoms with Gasteiger partial charge in [0.1, 0.15) is 12.4 Å². The number of rotatable bonds is 9. The van der Waals surface area contributed by atoms with E-state index >= 15 is 0 Å². The molecule has 0 unspecified atom stereocenters. The van der Waals surface area contributed by atoms with E-state index in [2.05, 4.69) is 10.6 Å². The highest BCUT2D eigenvalue weighted by molar-refractivity contribution is 6.01. The van der Waals surface area contributed by atoms with Crippen LogP contribution in [0.2, 0.25) is 0 Å². The van der Waals surface area contributed by atoms with Crippen LogP contribution >= 0.6 is 0 Å². The molecule has 2 N–H and O–H groups in total. The predicted octanol–water partition coefficient (Wildman–Crippen LogP) is 1.40. The van der Waals surface area contributed by atoms with Gasteiger partial charge in [-0.2, -0.15) is 0 Å². The van der Waals surface area contributed by atoms with Crippen LogP contribution in [0.5, 0.6) is 5.75 Å². The van der Waals surface area contributed by atoms with E-state index < -0.39 is 24.5 Å². The molecule has 0 atom stereocenters. The van der Waals surface area contributed by atoms with Gasteiger partial charge in [-0.3, -0.25) is 14.5 Å². The lowest BCUT2D eigenvalue weighted by molar-refractivity contribution is -0.125. The molecule has 1 fully saturated rings. The Kier molecular flexibility index (Phi) is 7.21. The molecule has 162 valence electrons. The maximum absolute atomic E-state index is 12.2. The predicted molar refractivity (Wildman–Crippen MR) is 110 cm³/mol. The zero-order chi connectivity index (χ0) is 22.2. The summed E-state index contributed by atoms with van der Waals surface area (Å²) in [5.74, 6) is -0.739. The number of urea groups is 1. The fourth-order valence-electron chi connectivity index (χ4n) is 2.92. The molecule has 0 aromatic heterocycles. The lowest BCUT2D eigenvalue weighted by Crippen LogP contribution is -2.32. The summed E-state index contributed by atoms with van der Waals surface area (Å²) in [6.45, 7) is 2.10. The average molecular weight is 425 g/mol. The van der Waals surface area contributed by atoms with Crippen LogP contribution in [0.3, 0.4) is 0 Å². The Morgan fingerprint density at radius 3 is 2.68 bits per heavy atom. The van der Waals surface area contributed by atoms with Crippen molar-refractivity contribution in [3.63, 3.8) is 0 Å². The SMILES string of the molecule is Cc1cccc(OCCNC(=O)COC(=O)c2cccc(CN3C(=O)CNC3=O)c2)c1. The van der Waals surface area contributed by atoms with Crippen LogP contribution in [0, 0.1) is 6.92 Å². The van der Waals surface area contributed by atoms with Crippen LogP contribution in [-0.4, -0.2) is 55.0 Å². The second-order valence-corrected chi connectivity index (χ2v) is 6.93. The largest absolute Gasteiger partial charge is 0.492 e. The topological polar surface area (TPSA) is 114 Å². The molecule has 0 saturated carbocycles. The molecule has 0 aliphatic carbocycles. The van der Waals surface area contributed by atoms with Crippen LogP contribution in [0.15, 0.2) is 48.5 Å². The number of carbonyl (C=O) groups is 4. The minimum atomic E-state index is -0.676. The van der Waals surface area contributed by atoms with Crippen molar-refractivity contribution in [2.75, 3.05) is 26.3 Å². The molecule has 3 rings (SSSR count). The molecular formula is C22H23N3O6. The smallest absolute Gasteiger partial charge is 0.338 e. The highest BCUT2D eigenvalue weighted by Crippen LogP contribution is 2.13. The Morgan fingerprint density at radius 1 is 1.13 bits per heavy atom. The number of aryl methyl sites for hydroxylation is 1. The van der Waals surface area contributed by atoms with E-state index in [0.29, 0.717) is 11.3 Å². The maximum atomic E-state index is 12.2. The Bertz CT molecular complexity index is 975. The Hall–Kier alpha value is -3.88. The van der Waals surface area contributed by atoms with Gasteiger partial charge in [-0.25, -0.2) is 9.59 Å². The summed E-state index contributed by atoms with van der Waals surface area (Å²) in [6.07, 6.45) is 0. The Labute approximate surface area is 179 Å². The second-order valence-electron chi connectivity index (χ2n) is 6.93. The van der Waals surface area contributed by atoms with E-state index in [1.165, 1.54) is 12.1 Å². The van der Waals surface area contributed by atoms with Crippen LogP contribution < -0.4 is 15.4 Å². The number of imide groups is 1. The number of hydrogen-bond acceptors (Lipinski definition) is 6. The Balaban J connectivity index is 1.41. The average Bonchev–Trinajstić information content (AvgIpc) is 3.07. The monoisotopic (exact) mass is 425 g/mol. The van der Waals surface area contributed by atoms with Gasteiger partial charge in [0.15, 0.2) is 6.61 Å². The third-order valence-electron chi connectivity index (χ3n) is 4.46. The summed E-state index contributed by atoms with van der Waals surface area (Å²) in [4.78, 5) is 48.5. The van der Waals surface area contributed by atoms with Crippen LogP contribution in [0.1, 0.15) is 21.5 Å². The first kappa shape index (κ1) is 21.8. The summed E-state index contributed by atoms with van der Waals surface area (Å²) in [6, 6.07) is 13.5. The van der Waals surface area contributed by atoms with Crippen LogP contribution in [0.4, 0.5) is 4.79 Å². The van der Waals surface area contributed by atoms with E-state index in [9.17, 15) is 19.2 Å². The molecule has 1 aliphatic rings. The first-order valence-corrected chi connectivity index (χ1v) is 9.73. The van der Waals surface area contributed by atoms with Crippen molar-refractivity contribution in [3.8, 4) is 5.75 Å². The molecular weight excluding hydrogens is 402 g/mol. The molecule has 2 aromatic carbocycles. The molecule has 1 saturated heterocycles. The highest BCUT2D eigenvalue weighted by Gasteiger charge is 2.28. The van der Waals surface area contributed by atoms with Crippen molar-refractivity contribution >= 4 is 23.8 Å². The third kappa shape index (κ3) is 6.30. The van der Waals surface area contributed by atoms with Gasteiger partial charge in [-0.1, -0.05) is 24.3 Å². The van der Waals surface area contributed by atoms with E-state index in [0.717, 1.165) is 10.5 Å². The summed E-state index contributed by atoms with van der Waals surface area (Å²) >= 11 is 0. The van der Waals surface area contributed by atoms with Crippen LogP contribution in [0.25, 0.3) is 0 Å². The number of nitrogens with zero attached hydrogens (tertiary/aromatic N) is 1. The highest BCUT2D eigenvalue weighted by atomic mass is 16.5. The summed E-state index contributed by atoms with van der Waals surface area (Å²) < 4.78 is 10.6. The van der Waals surface area contributed by atoms with Crippen molar-refractivity contribution in [3.05, 3.63) is 65.2 Å². The van der Waals surface area contributed by atoms with E-state index in [-0.39, 0.29) is 37.7 Å². The van der Waals surface area contributed by atoms with Gasteiger partial charge in [-0.15, -0.1) is 0 Å². The molecule has 0 spiro atoms.